The molecule has 1 saturated heterocycles. The van der Waals surface area contributed by atoms with Crippen molar-refractivity contribution in [1.82, 2.24) is 0 Å². The zero-order chi connectivity index (χ0) is 11.0. The molecule has 2 fully saturated rings. The van der Waals surface area contributed by atoms with Gasteiger partial charge in [-0.2, -0.15) is 0 Å². The molecule has 1 heterocycles. The molecule has 0 aromatic heterocycles. The van der Waals surface area contributed by atoms with E-state index in [-0.39, 0.29) is 18.3 Å². The smallest absolute Gasteiger partial charge is 0.125 e. The van der Waals surface area contributed by atoms with Crippen LogP contribution in [-0.4, -0.2) is 17.8 Å². The molecular formula is C14H18O2. The van der Waals surface area contributed by atoms with Crippen LogP contribution in [0.3, 0.4) is 0 Å². The minimum absolute atomic E-state index is 0.0259. The average molecular weight is 218 g/mol. The SMILES string of the molecule is OCC1OC1(c1ccccc1)C1CCCC1. The van der Waals surface area contributed by atoms with Crippen LogP contribution in [0.1, 0.15) is 31.2 Å². The van der Waals surface area contributed by atoms with Crippen molar-refractivity contribution in [3.8, 4) is 0 Å². The van der Waals surface area contributed by atoms with E-state index >= 15 is 0 Å². The maximum atomic E-state index is 9.34. The Kier molecular flexibility index (Phi) is 2.49. The van der Waals surface area contributed by atoms with Crippen LogP contribution in [0.15, 0.2) is 30.3 Å². The number of hydrogen-bond acceptors (Lipinski definition) is 2. The van der Waals surface area contributed by atoms with Gasteiger partial charge < -0.3 is 9.84 Å². The molecule has 2 unspecified atom stereocenters. The number of epoxide rings is 1. The highest BCUT2D eigenvalue weighted by Gasteiger charge is 2.61. The van der Waals surface area contributed by atoms with Gasteiger partial charge in [-0.1, -0.05) is 43.2 Å². The topological polar surface area (TPSA) is 32.8 Å². The molecule has 86 valence electrons. The van der Waals surface area contributed by atoms with Gasteiger partial charge in [0.2, 0.25) is 0 Å². The second-order valence-corrected chi connectivity index (χ2v) is 4.93. The molecule has 1 aliphatic carbocycles. The summed E-state index contributed by atoms with van der Waals surface area (Å²) in [7, 11) is 0. The van der Waals surface area contributed by atoms with Gasteiger partial charge in [-0.05, 0) is 24.3 Å². The number of aliphatic hydroxyl groups is 1. The van der Waals surface area contributed by atoms with Gasteiger partial charge in [0.25, 0.3) is 0 Å². The van der Waals surface area contributed by atoms with Crippen molar-refractivity contribution in [2.24, 2.45) is 5.92 Å². The highest BCUT2D eigenvalue weighted by atomic mass is 16.6. The number of benzene rings is 1. The van der Waals surface area contributed by atoms with Gasteiger partial charge in [-0.25, -0.2) is 0 Å². The van der Waals surface area contributed by atoms with Crippen LogP contribution in [0, 0.1) is 5.92 Å². The highest BCUT2D eigenvalue weighted by Crippen LogP contribution is 2.56. The first-order valence-electron chi connectivity index (χ1n) is 6.22. The number of rotatable bonds is 3. The lowest BCUT2D eigenvalue weighted by Gasteiger charge is -2.20. The lowest BCUT2D eigenvalue weighted by atomic mass is 9.82. The number of aliphatic hydroxyl groups excluding tert-OH is 1. The summed E-state index contributed by atoms with van der Waals surface area (Å²) in [6.07, 6.45) is 5.12. The zero-order valence-electron chi connectivity index (χ0n) is 9.43. The molecule has 1 aromatic rings. The van der Waals surface area contributed by atoms with Crippen LogP contribution in [0.2, 0.25) is 0 Å². The molecule has 0 spiro atoms. The summed E-state index contributed by atoms with van der Waals surface area (Å²) in [4.78, 5) is 0. The Balaban J connectivity index is 1.92. The summed E-state index contributed by atoms with van der Waals surface area (Å²) in [6, 6.07) is 10.4. The Morgan fingerprint density at radius 2 is 1.88 bits per heavy atom. The van der Waals surface area contributed by atoms with Crippen molar-refractivity contribution < 1.29 is 9.84 Å². The van der Waals surface area contributed by atoms with Crippen molar-refractivity contribution >= 4 is 0 Å². The van der Waals surface area contributed by atoms with E-state index in [9.17, 15) is 5.11 Å². The monoisotopic (exact) mass is 218 g/mol. The Morgan fingerprint density at radius 1 is 1.19 bits per heavy atom. The third-order valence-corrected chi connectivity index (χ3v) is 4.11. The third kappa shape index (κ3) is 1.40. The first kappa shape index (κ1) is 10.3. The minimum atomic E-state index is -0.160. The Morgan fingerprint density at radius 3 is 2.44 bits per heavy atom. The van der Waals surface area contributed by atoms with Crippen LogP contribution < -0.4 is 0 Å². The van der Waals surface area contributed by atoms with Crippen molar-refractivity contribution in [3.63, 3.8) is 0 Å². The van der Waals surface area contributed by atoms with Crippen molar-refractivity contribution in [2.75, 3.05) is 6.61 Å². The molecule has 1 aliphatic heterocycles. The molecule has 2 atom stereocenters. The van der Waals surface area contributed by atoms with Crippen molar-refractivity contribution in [2.45, 2.75) is 37.4 Å². The normalized spacial score (nSPS) is 34.2. The van der Waals surface area contributed by atoms with E-state index in [1.165, 1.54) is 31.2 Å². The van der Waals surface area contributed by atoms with E-state index in [0.717, 1.165) is 0 Å². The van der Waals surface area contributed by atoms with Gasteiger partial charge in [0.1, 0.15) is 11.7 Å². The van der Waals surface area contributed by atoms with Gasteiger partial charge in [0, 0.05) is 0 Å². The molecule has 2 nitrogen and oxygen atoms in total. The van der Waals surface area contributed by atoms with E-state index in [2.05, 4.69) is 24.3 Å². The Labute approximate surface area is 96.2 Å². The maximum Gasteiger partial charge on any atom is 0.125 e. The molecule has 16 heavy (non-hydrogen) atoms. The molecule has 2 aliphatic rings. The molecule has 0 bridgehead atoms. The van der Waals surface area contributed by atoms with E-state index in [1.807, 2.05) is 6.07 Å². The Bertz CT molecular complexity index is 356. The van der Waals surface area contributed by atoms with Crippen LogP contribution in [0.25, 0.3) is 0 Å². The van der Waals surface area contributed by atoms with Gasteiger partial charge in [-0.3, -0.25) is 0 Å². The predicted octanol–water partition coefficient (Wildman–Crippen LogP) is 2.46. The average Bonchev–Trinajstić information content (AvgIpc) is 2.84. The van der Waals surface area contributed by atoms with E-state index in [4.69, 9.17) is 4.74 Å². The number of hydrogen-bond donors (Lipinski definition) is 1. The summed E-state index contributed by atoms with van der Waals surface area (Å²) < 4.78 is 5.87. The van der Waals surface area contributed by atoms with Crippen LogP contribution in [-0.2, 0) is 10.3 Å². The van der Waals surface area contributed by atoms with Gasteiger partial charge in [0.15, 0.2) is 0 Å². The first-order chi connectivity index (χ1) is 7.88. The fraction of sp³-hybridized carbons (Fsp3) is 0.571. The summed E-state index contributed by atoms with van der Waals surface area (Å²) in [5.74, 6) is 0.604. The van der Waals surface area contributed by atoms with Crippen molar-refractivity contribution in [3.05, 3.63) is 35.9 Å². The molecule has 1 saturated carbocycles. The summed E-state index contributed by atoms with van der Waals surface area (Å²) in [6.45, 7) is 0.144. The molecule has 0 radical (unpaired) electrons. The lowest BCUT2D eigenvalue weighted by Crippen LogP contribution is -2.24. The molecule has 3 rings (SSSR count). The second kappa shape index (κ2) is 3.86. The van der Waals surface area contributed by atoms with Crippen LogP contribution >= 0.6 is 0 Å². The standard InChI is InChI=1S/C14H18O2/c15-10-13-14(16-13,12-8-4-5-9-12)11-6-2-1-3-7-11/h1-3,6-7,12-13,15H,4-5,8-10H2. The maximum absolute atomic E-state index is 9.34. The summed E-state index contributed by atoms with van der Waals surface area (Å²) in [5.41, 5.74) is 1.09. The Hall–Kier alpha value is -0.860. The van der Waals surface area contributed by atoms with E-state index in [0.29, 0.717) is 5.92 Å². The number of ether oxygens (including phenoxy) is 1. The quantitative estimate of drug-likeness (QED) is 0.790. The second-order valence-electron chi connectivity index (χ2n) is 4.93. The largest absolute Gasteiger partial charge is 0.394 e. The van der Waals surface area contributed by atoms with E-state index in [1.54, 1.807) is 0 Å². The molecule has 1 aromatic carbocycles. The van der Waals surface area contributed by atoms with Gasteiger partial charge in [0.05, 0.1) is 6.61 Å². The summed E-state index contributed by atoms with van der Waals surface area (Å²) >= 11 is 0. The lowest BCUT2D eigenvalue weighted by molar-refractivity contribution is 0.207. The zero-order valence-corrected chi connectivity index (χ0v) is 9.43. The highest BCUT2D eigenvalue weighted by molar-refractivity contribution is 5.31. The predicted molar refractivity (Wildman–Crippen MR) is 62.0 cm³/mol. The van der Waals surface area contributed by atoms with Crippen LogP contribution in [0.5, 0.6) is 0 Å². The van der Waals surface area contributed by atoms with Crippen molar-refractivity contribution in [1.29, 1.82) is 0 Å². The third-order valence-electron chi connectivity index (χ3n) is 4.11. The first-order valence-corrected chi connectivity index (χ1v) is 6.22. The van der Waals surface area contributed by atoms with E-state index < -0.39 is 0 Å². The molecular weight excluding hydrogens is 200 g/mol. The van der Waals surface area contributed by atoms with Gasteiger partial charge in [-0.15, -0.1) is 0 Å². The van der Waals surface area contributed by atoms with Gasteiger partial charge >= 0.3 is 0 Å². The summed E-state index contributed by atoms with van der Waals surface area (Å²) in [5, 5.41) is 9.34. The molecule has 0 amide bonds. The van der Waals surface area contributed by atoms with Crippen LogP contribution in [0.4, 0.5) is 0 Å². The minimum Gasteiger partial charge on any atom is -0.394 e. The fourth-order valence-electron chi connectivity index (χ4n) is 3.28. The molecule has 1 N–H and O–H groups in total. The molecule has 2 heteroatoms. The fourth-order valence-corrected chi connectivity index (χ4v) is 3.28.